The molecule has 25 rings (SSSR count). The highest BCUT2D eigenvalue weighted by Gasteiger charge is 2.67. The Hall–Kier alpha value is -12.0. The fraction of sp³-hybridized carbons (Fsp3) is 0.218. The van der Waals surface area contributed by atoms with Crippen molar-refractivity contribution in [3.63, 3.8) is 0 Å². The summed E-state index contributed by atoms with van der Waals surface area (Å²) in [4.78, 5) is 10.7. The molecule has 4 fully saturated rings. The van der Waals surface area contributed by atoms with Crippen molar-refractivity contribution in [1.29, 1.82) is 0 Å². The first-order valence-corrected chi connectivity index (χ1v) is 42.1. The fourth-order valence-corrected chi connectivity index (χ4v) is 25.4. The lowest BCUT2D eigenvalue weighted by Crippen LogP contribution is -2.60. The van der Waals surface area contributed by atoms with E-state index in [1.807, 2.05) is 0 Å². The Morgan fingerprint density at radius 2 is 0.412 bits per heavy atom. The van der Waals surface area contributed by atoms with Crippen molar-refractivity contribution in [2.24, 2.45) is 0 Å². The van der Waals surface area contributed by atoms with E-state index in [0.717, 1.165) is 51.4 Å². The van der Waals surface area contributed by atoms with Gasteiger partial charge in [-0.25, -0.2) is 0 Å². The van der Waals surface area contributed by atoms with Gasteiger partial charge in [0.2, 0.25) is 0 Å². The maximum Gasteiger partial charge on any atom is 0.0518 e. The molecule has 4 heteroatoms. The Morgan fingerprint density at radius 3 is 0.623 bits per heavy atom. The minimum absolute atomic E-state index is 0.0295. The molecule has 17 aromatic carbocycles. The molecule has 0 radical (unpaired) electrons. The zero-order chi connectivity index (χ0) is 76.1. The van der Waals surface area contributed by atoms with Gasteiger partial charge >= 0.3 is 0 Å². The van der Waals surface area contributed by atoms with Gasteiger partial charge in [-0.3, -0.25) is 0 Å². The Morgan fingerprint density at radius 1 is 0.193 bits per heavy atom. The Labute approximate surface area is 668 Å². The van der Waals surface area contributed by atoms with Crippen molar-refractivity contribution >= 4 is 110 Å². The lowest BCUT2D eigenvalue weighted by Gasteiger charge is -2.56. The maximum atomic E-state index is 2.69. The van der Waals surface area contributed by atoms with E-state index < -0.39 is 0 Å². The van der Waals surface area contributed by atoms with Crippen molar-refractivity contribution in [2.75, 3.05) is 19.6 Å². The van der Waals surface area contributed by atoms with Gasteiger partial charge in [0.25, 0.3) is 0 Å². The molecule has 0 saturated heterocycles. The molecular weight excluding hydrogens is 1380 g/mol. The van der Waals surface area contributed by atoms with Crippen LogP contribution in [0.25, 0.3) is 131 Å². The largest absolute Gasteiger partial charge is 0.334 e. The molecule has 4 nitrogen and oxygen atoms in total. The topological polar surface area (TPSA) is 13.0 Å². The average Bonchev–Trinajstić information content (AvgIpc) is 1.50. The summed E-state index contributed by atoms with van der Waals surface area (Å²) in [6.07, 6.45) is 9.18. The molecule has 8 atom stereocenters. The number of hydrogen-bond donors (Lipinski definition) is 0. The Kier molecular flexibility index (Phi) is 12.7. The van der Waals surface area contributed by atoms with Gasteiger partial charge in [0.05, 0.1) is 22.2 Å². The second-order valence-electron chi connectivity index (χ2n) is 37.2. The summed E-state index contributed by atoms with van der Waals surface area (Å²) in [5, 5.41) is 15.8. The monoisotopic (exact) mass is 1470 g/mol. The number of fused-ring (bicyclic) bond motifs is 18. The number of rotatable bonds is 10. The van der Waals surface area contributed by atoms with E-state index in [9.17, 15) is 0 Å². The third kappa shape index (κ3) is 7.74. The maximum absolute atomic E-state index is 2.69. The van der Waals surface area contributed by atoms with Crippen LogP contribution in [0, 0.1) is 0 Å². The summed E-state index contributed by atoms with van der Waals surface area (Å²) >= 11 is 0. The van der Waals surface area contributed by atoms with E-state index in [1.54, 1.807) is 0 Å². The van der Waals surface area contributed by atoms with Crippen LogP contribution in [0.3, 0.4) is 0 Å². The van der Waals surface area contributed by atoms with Gasteiger partial charge in [0.1, 0.15) is 0 Å². The summed E-state index contributed by atoms with van der Waals surface area (Å²) in [5.74, 6) is 0. The van der Waals surface area contributed by atoms with Crippen LogP contribution in [0.5, 0.6) is 0 Å². The number of benzene rings is 15. The molecular formula is C110H90N4. The highest BCUT2D eigenvalue weighted by atomic mass is 15.3. The van der Waals surface area contributed by atoms with Crippen molar-refractivity contribution < 1.29 is 0 Å². The van der Waals surface area contributed by atoms with Gasteiger partial charge < -0.3 is 19.6 Å². The van der Waals surface area contributed by atoms with E-state index in [-0.39, 0.29) is 43.8 Å². The smallest absolute Gasteiger partial charge is 0.0518 e. The fourth-order valence-electron chi connectivity index (χ4n) is 25.4. The summed E-state index contributed by atoms with van der Waals surface area (Å²) in [7, 11) is 0. The van der Waals surface area contributed by atoms with Crippen LogP contribution >= 0.6 is 0 Å². The van der Waals surface area contributed by atoms with Gasteiger partial charge in [0.15, 0.2) is 0 Å². The number of anilines is 8. The molecule has 0 aromatic heterocycles. The zero-order valence-corrected chi connectivity index (χ0v) is 66.3. The van der Waals surface area contributed by atoms with Gasteiger partial charge in [-0.2, -0.15) is 0 Å². The molecule has 0 spiro atoms. The molecule has 550 valence electrons. The Bertz CT molecular complexity index is 6230. The SMILES string of the molecule is CC12CCC1(C)N(c1ccccc1)c1ccc(-c3ccc4c5c(-c6ccccc6)c6c7ccc(-c8ccc9c(c8)C8(C)CCC8(C)N9c8ccccc8)c8c(-c9ccc%10c(c9)C9(C)CCC9(C)N%10c9ccccc9)ccc(c6c(-c6ccccc6)c5c5ccc(-c6ccc9c(c6)C6(C)CCC6(C)N9c6ccccc6)c3c45)c87)cc12. The molecule has 17 aromatic rings. The first-order chi connectivity index (χ1) is 55.5. The van der Waals surface area contributed by atoms with E-state index in [0.29, 0.717) is 0 Å². The van der Waals surface area contributed by atoms with Gasteiger partial charge in [0, 0.05) is 67.2 Å². The molecule has 8 aliphatic rings. The molecule has 4 saturated carbocycles. The van der Waals surface area contributed by atoms with Crippen LogP contribution < -0.4 is 19.6 Å². The lowest BCUT2D eigenvalue weighted by molar-refractivity contribution is 0.133. The standard InChI is InChI=1S/C110H90N4/c1-103-55-59-107(103,5)111(73-31-19-11-20-32-73)89-51-39-69(63-85(89)103)77-43-47-81-97-82(48-44-78(95(77)97)70-40-52-90-86(64-70)104(2)56-60-108(104,6)112(90)74-33-21-12-22-34-74)100-94(68-29-17-10-18-30-68)102-84-50-46-80(72-42-54-92-88(66-72)106(4)58-62-110(106,8)114(92)76-37-25-14-26-38-76)96-79(45-49-83(98(84)96)101(102)93(99(81)100)67-27-15-9-16-28-67)71-41-53-91-87(65-71)105(3)57-61-109(105,7)113(91)75-35-23-13-24-36-75/h9-54,63-66H,55-62H2,1-8H3. The molecule has 4 heterocycles. The van der Waals surface area contributed by atoms with Gasteiger partial charge in [-0.15, -0.1) is 0 Å². The number of para-hydroxylation sites is 4. The highest BCUT2D eigenvalue weighted by Crippen LogP contribution is 2.71. The second-order valence-corrected chi connectivity index (χ2v) is 37.2. The summed E-state index contributed by atoms with van der Waals surface area (Å²) in [6.45, 7) is 20.3. The van der Waals surface area contributed by atoms with Crippen LogP contribution in [0.4, 0.5) is 45.5 Å². The van der Waals surface area contributed by atoms with Crippen LogP contribution in [0.1, 0.15) is 129 Å². The average molecular weight is 1470 g/mol. The molecule has 8 unspecified atom stereocenters. The molecule has 0 amide bonds. The first kappa shape index (κ1) is 65.6. The third-order valence-electron chi connectivity index (χ3n) is 32.8. The van der Waals surface area contributed by atoms with Crippen molar-refractivity contribution in [1.82, 2.24) is 0 Å². The van der Waals surface area contributed by atoms with Crippen molar-refractivity contribution in [3.8, 4) is 66.8 Å². The third-order valence-corrected chi connectivity index (χ3v) is 32.8. The van der Waals surface area contributed by atoms with E-state index in [2.05, 4.69) is 378 Å². The normalized spacial score (nSPS) is 25.8. The van der Waals surface area contributed by atoms with Crippen LogP contribution in [-0.4, -0.2) is 22.2 Å². The predicted molar refractivity (Wildman–Crippen MR) is 481 cm³/mol. The lowest BCUT2D eigenvalue weighted by atomic mass is 9.55. The van der Waals surface area contributed by atoms with Crippen LogP contribution in [-0.2, 0) is 21.7 Å². The molecule has 4 aliphatic carbocycles. The minimum Gasteiger partial charge on any atom is -0.334 e. The highest BCUT2D eigenvalue weighted by molar-refractivity contribution is 6.48. The predicted octanol–water partition coefficient (Wildman–Crippen LogP) is 29.3. The minimum atomic E-state index is -0.0458. The van der Waals surface area contributed by atoms with Gasteiger partial charge in [-0.1, -0.05) is 234 Å². The van der Waals surface area contributed by atoms with Crippen LogP contribution in [0.15, 0.2) is 303 Å². The summed E-state index contributed by atoms with van der Waals surface area (Å²) < 4.78 is 0. The van der Waals surface area contributed by atoms with Gasteiger partial charge in [-0.05, 0) is 330 Å². The van der Waals surface area contributed by atoms with E-state index in [4.69, 9.17) is 0 Å². The van der Waals surface area contributed by atoms with Crippen molar-refractivity contribution in [3.05, 3.63) is 326 Å². The summed E-state index contributed by atoms with van der Waals surface area (Å²) in [5.41, 5.74) is 31.3. The summed E-state index contributed by atoms with van der Waals surface area (Å²) in [6, 6.07) is 119. The number of nitrogens with zero attached hydrogens (tertiary/aromatic N) is 4. The second kappa shape index (κ2) is 22.1. The quantitative estimate of drug-likeness (QED) is 0.135. The number of hydrogen-bond acceptors (Lipinski definition) is 4. The van der Waals surface area contributed by atoms with Crippen LogP contribution in [0.2, 0.25) is 0 Å². The van der Waals surface area contributed by atoms with E-state index in [1.165, 1.54) is 199 Å². The van der Waals surface area contributed by atoms with Crippen molar-refractivity contribution in [2.45, 2.75) is 151 Å². The molecule has 0 bridgehead atoms. The first-order valence-electron chi connectivity index (χ1n) is 42.1. The molecule has 114 heavy (non-hydrogen) atoms. The zero-order valence-electron chi connectivity index (χ0n) is 66.3. The molecule has 0 N–H and O–H groups in total. The Balaban J connectivity index is 0.790. The van der Waals surface area contributed by atoms with E-state index >= 15 is 0 Å². The molecule has 4 aliphatic heterocycles.